The highest BCUT2D eigenvalue weighted by atomic mass is 16.2. The molecule has 4 amide bonds. The van der Waals surface area contributed by atoms with Crippen molar-refractivity contribution in [2.45, 2.75) is 19.3 Å². The molecule has 0 fully saturated rings. The zero-order valence-corrected chi connectivity index (χ0v) is 17.6. The molecule has 0 aromatic heterocycles. The van der Waals surface area contributed by atoms with Gasteiger partial charge in [-0.15, -0.1) is 0 Å². The number of rotatable bonds is 6. The molecule has 1 aliphatic carbocycles. The number of amides is 4. The van der Waals surface area contributed by atoms with Crippen molar-refractivity contribution in [1.82, 2.24) is 5.32 Å². The minimum Gasteiger partial charge on any atom is -0.368 e. The minimum atomic E-state index is -0.634. The molecule has 7 nitrogen and oxygen atoms in total. The Bertz CT molecular complexity index is 1210. The van der Waals surface area contributed by atoms with Gasteiger partial charge in [-0.05, 0) is 59.4 Å². The number of hydrogen-bond donors (Lipinski definition) is 4. The van der Waals surface area contributed by atoms with Crippen LogP contribution in [0.5, 0.6) is 0 Å². The second-order valence-corrected chi connectivity index (χ2v) is 7.82. The number of nitrogens with two attached hydrogens (primary N) is 1. The zero-order valence-electron chi connectivity index (χ0n) is 17.6. The molecule has 0 saturated heterocycles. The van der Waals surface area contributed by atoms with Gasteiger partial charge in [0.2, 0.25) is 11.8 Å². The summed E-state index contributed by atoms with van der Waals surface area (Å²) >= 11 is 0. The van der Waals surface area contributed by atoms with E-state index in [4.69, 9.17) is 5.73 Å². The van der Waals surface area contributed by atoms with E-state index >= 15 is 0 Å². The van der Waals surface area contributed by atoms with Crippen LogP contribution in [0.3, 0.4) is 0 Å². The Balaban J connectivity index is 1.42. The van der Waals surface area contributed by atoms with Gasteiger partial charge in [0.05, 0.1) is 12.5 Å². The van der Waals surface area contributed by atoms with Crippen LogP contribution in [0.15, 0.2) is 66.7 Å². The Hall–Kier alpha value is -4.13. The molecule has 162 valence electrons. The van der Waals surface area contributed by atoms with Crippen molar-refractivity contribution in [3.8, 4) is 11.1 Å². The largest absolute Gasteiger partial charge is 0.368 e. The van der Waals surface area contributed by atoms with Crippen molar-refractivity contribution in [3.05, 3.63) is 83.4 Å². The third-order valence-electron chi connectivity index (χ3n) is 5.52. The van der Waals surface area contributed by atoms with E-state index in [2.05, 4.69) is 40.2 Å². The van der Waals surface area contributed by atoms with Crippen LogP contribution in [0.2, 0.25) is 0 Å². The number of carbonyl (C=O) groups is 3. The van der Waals surface area contributed by atoms with Gasteiger partial charge < -0.3 is 21.7 Å². The van der Waals surface area contributed by atoms with Crippen LogP contribution < -0.4 is 21.7 Å². The average Bonchev–Trinajstić information content (AvgIpc) is 3.15. The van der Waals surface area contributed by atoms with Crippen molar-refractivity contribution in [2.24, 2.45) is 5.73 Å². The fourth-order valence-electron chi connectivity index (χ4n) is 3.85. The molecule has 0 heterocycles. The summed E-state index contributed by atoms with van der Waals surface area (Å²) in [5, 5.41) is 7.85. The Morgan fingerprint density at radius 3 is 2.38 bits per heavy atom. The van der Waals surface area contributed by atoms with Gasteiger partial charge in [0.25, 0.3) is 0 Å². The quantitative estimate of drug-likeness (QED) is 0.376. The number of primary amides is 1. The number of anilines is 2. The van der Waals surface area contributed by atoms with Gasteiger partial charge >= 0.3 is 6.03 Å². The van der Waals surface area contributed by atoms with Crippen LogP contribution in [-0.4, -0.2) is 24.4 Å². The lowest BCUT2D eigenvalue weighted by Crippen LogP contribution is -2.36. The van der Waals surface area contributed by atoms with Gasteiger partial charge in [-0.2, -0.15) is 0 Å². The Kier molecular flexibility index (Phi) is 5.89. The number of benzene rings is 3. The third kappa shape index (κ3) is 4.62. The maximum atomic E-state index is 12.9. The highest BCUT2D eigenvalue weighted by Crippen LogP contribution is 2.37. The van der Waals surface area contributed by atoms with Crippen molar-refractivity contribution >= 4 is 29.2 Å². The summed E-state index contributed by atoms with van der Waals surface area (Å²) in [5.74, 6) is -1.12. The van der Waals surface area contributed by atoms with E-state index in [0.29, 0.717) is 11.4 Å². The van der Waals surface area contributed by atoms with Gasteiger partial charge in [0.1, 0.15) is 0 Å². The molecule has 1 aliphatic rings. The number of urea groups is 1. The average molecular weight is 428 g/mol. The summed E-state index contributed by atoms with van der Waals surface area (Å²) in [6.07, 6.45) is 0.874. The second-order valence-electron chi connectivity index (χ2n) is 7.82. The van der Waals surface area contributed by atoms with Crippen molar-refractivity contribution in [2.75, 3.05) is 17.2 Å². The summed E-state index contributed by atoms with van der Waals surface area (Å²) in [6.45, 7) is 1.62. The molecule has 5 N–H and O–H groups in total. The Morgan fingerprint density at radius 1 is 0.875 bits per heavy atom. The number of carbonyl (C=O) groups excluding carboxylic acids is 3. The SMILES string of the molecule is CC(C(=O)Nc1cccc(NC(=O)NCC(N)=O)c1)c1ccc2c(c1)Cc1ccccc1-2. The Labute approximate surface area is 186 Å². The first-order valence-electron chi connectivity index (χ1n) is 10.4. The van der Waals surface area contributed by atoms with Crippen LogP contribution in [0, 0.1) is 0 Å². The smallest absolute Gasteiger partial charge is 0.319 e. The van der Waals surface area contributed by atoms with Crippen molar-refractivity contribution in [3.63, 3.8) is 0 Å². The van der Waals surface area contributed by atoms with E-state index in [1.807, 2.05) is 25.1 Å². The van der Waals surface area contributed by atoms with Gasteiger partial charge in [-0.25, -0.2) is 4.79 Å². The predicted octanol–water partition coefficient (Wildman–Crippen LogP) is 3.61. The van der Waals surface area contributed by atoms with E-state index in [9.17, 15) is 14.4 Å². The van der Waals surface area contributed by atoms with Gasteiger partial charge in [-0.1, -0.05) is 48.5 Å². The van der Waals surface area contributed by atoms with E-state index in [1.54, 1.807) is 24.3 Å². The first kappa shape index (κ1) is 21.1. The van der Waals surface area contributed by atoms with Gasteiger partial charge in [0.15, 0.2) is 0 Å². The van der Waals surface area contributed by atoms with Gasteiger partial charge in [-0.3, -0.25) is 9.59 Å². The minimum absolute atomic E-state index is 0.143. The molecule has 0 spiro atoms. The molecule has 0 bridgehead atoms. The molecular formula is C25H24N4O3. The normalized spacial score (nSPS) is 12.3. The summed E-state index contributed by atoms with van der Waals surface area (Å²) < 4.78 is 0. The molecule has 0 aliphatic heterocycles. The zero-order chi connectivity index (χ0) is 22.7. The third-order valence-corrected chi connectivity index (χ3v) is 5.52. The lowest BCUT2D eigenvalue weighted by molar-refractivity contribution is -0.117. The number of hydrogen-bond acceptors (Lipinski definition) is 3. The molecule has 0 saturated carbocycles. The number of nitrogens with one attached hydrogen (secondary N) is 3. The van der Waals surface area contributed by atoms with Crippen LogP contribution >= 0.6 is 0 Å². The highest BCUT2D eigenvalue weighted by Gasteiger charge is 2.21. The summed E-state index contributed by atoms with van der Waals surface area (Å²) in [7, 11) is 0. The molecule has 32 heavy (non-hydrogen) atoms. The lowest BCUT2D eigenvalue weighted by Gasteiger charge is -2.15. The summed E-state index contributed by atoms with van der Waals surface area (Å²) in [5.41, 5.74) is 12.0. The van der Waals surface area contributed by atoms with Crippen LogP contribution in [0.1, 0.15) is 29.5 Å². The fourth-order valence-corrected chi connectivity index (χ4v) is 3.85. The molecule has 1 unspecified atom stereocenters. The van der Waals surface area contributed by atoms with E-state index in [-0.39, 0.29) is 18.4 Å². The maximum Gasteiger partial charge on any atom is 0.319 e. The number of fused-ring (bicyclic) bond motifs is 3. The van der Waals surface area contributed by atoms with Crippen LogP contribution in [0.4, 0.5) is 16.2 Å². The summed E-state index contributed by atoms with van der Waals surface area (Å²) in [4.78, 5) is 35.4. The van der Waals surface area contributed by atoms with Crippen molar-refractivity contribution in [1.29, 1.82) is 0 Å². The fraction of sp³-hybridized carbons (Fsp3) is 0.160. The lowest BCUT2D eigenvalue weighted by atomic mass is 9.95. The van der Waals surface area contributed by atoms with Gasteiger partial charge in [0, 0.05) is 11.4 Å². The monoisotopic (exact) mass is 428 g/mol. The highest BCUT2D eigenvalue weighted by molar-refractivity contribution is 5.97. The topological polar surface area (TPSA) is 113 Å². The van der Waals surface area contributed by atoms with E-state index in [0.717, 1.165) is 12.0 Å². The second kappa shape index (κ2) is 8.93. The molecule has 7 heteroatoms. The first-order chi connectivity index (χ1) is 15.4. The van der Waals surface area contributed by atoms with Crippen LogP contribution in [0.25, 0.3) is 11.1 Å². The standard InChI is InChI=1S/C25H24N4O3/c1-15(16-9-10-22-18(11-16)12-17-5-2-3-8-21(17)22)24(31)28-19-6-4-7-20(13-19)29-25(32)27-14-23(26)30/h2-11,13,15H,12,14H2,1H3,(H2,26,30)(H,28,31)(H2,27,29,32). The molecule has 3 aromatic rings. The maximum absolute atomic E-state index is 12.9. The van der Waals surface area contributed by atoms with E-state index < -0.39 is 11.9 Å². The molecular weight excluding hydrogens is 404 g/mol. The molecule has 1 atom stereocenters. The Morgan fingerprint density at radius 2 is 1.59 bits per heavy atom. The predicted molar refractivity (Wildman–Crippen MR) is 124 cm³/mol. The van der Waals surface area contributed by atoms with Crippen molar-refractivity contribution < 1.29 is 14.4 Å². The first-order valence-corrected chi connectivity index (χ1v) is 10.4. The molecule has 0 radical (unpaired) electrons. The molecule has 4 rings (SSSR count). The summed E-state index contributed by atoms with van der Waals surface area (Å²) in [6, 6.07) is 20.8. The van der Waals surface area contributed by atoms with Crippen LogP contribution in [-0.2, 0) is 16.0 Å². The molecule has 3 aromatic carbocycles. The van der Waals surface area contributed by atoms with E-state index in [1.165, 1.54) is 22.3 Å².